The largest absolute Gasteiger partial charge is 0.443 e. The molecule has 1 aliphatic heterocycles. The van der Waals surface area contributed by atoms with E-state index in [0.717, 1.165) is 9.80 Å². The number of carbonyl (C=O) groups is 2. The van der Waals surface area contributed by atoms with E-state index in [2.05, 4.69) is 0 Å². The Morgan fingerprint density at radius 2 is 1.88 bits per heavy atom. The summed E-state index contributed by atoms with van der Waals surface area (Å²) in [4.78, 5) is 28.2. The summed E-state index contributed by atoms with van der Waals surface area (Å²) in [5.74, 6) is 0.326. The van der Waals surface area contributed by atoms with E-state index >= 15 is 0 Å². The molecule has 24 heavy (non-hydrogen) atoms. The minimum atomic E-state index is -1.27. The maximum atomic E-state index is 12.7. The van der Waals surface area contributed by atoms with Crippen LogP contribution in [0.3, 0.4) is 0 Å². The first-order valence-electron chi connectivity index (χ1n) is 7.74. The monoisotopic (exact) mass is 352 g/mol. The van der Waals surface area contributed by atoms with Crippen LogP contribution in [0.1, 0.15) is 34.6 Å². The Hall–Kier alpha value is -1.73. The number of hydrogen-bond donors (Lipinski definition) is 1. The summed E-state index contributed by atoms with van der Waals surface area (Å²) in [6.45, 7) is 8.60. The van der Waals surface area contributed by atoms with E-state index in [1.54, 1.807) is 34.6 Å². The van der Waals surface area contributed by atoms with E-state index in [9.17, 15) is 14.7 Å². The first-order valence-corrected chi connectivity index (χ1v) is 8.72. The van der Waals surface area contributed by atoms with Crippen LogP contribution in [0, 0.1) is 0 Å². The maximum absolute atomic E-state index is 12.7. The van der Waals surface area contributed by atoms with Gasteiger partial charge in [0.25, 0.3) is 0 Å². The quantitative estimate of drug-likeness (QED) is 0.843. The lowest BCUT2D eigenvalue weighted by molar-refractivity contribution is -0.0249. The Morgan fingerprint density at radius 1 is 1.29 bits per heavy atom. The minimum absolute atomic E-state index is 0.326. The number of imide groups is 1. The molecule has 132 valence electrons. The van der Waals surface area contributed by atoms with Gasteiger partial charge in [0.15, 0.2) is 6.23 Å². The van der Waals surface area contributed by atoms with Gasteiger partial charge in [-0.25, -0.2) is 9.59 Å². The summed E-state index contributed by atoms with van der Waals surface area (Å²) in [7, 11) is 0. The number of nitrogens with zero attached hydrogens (tertiary/aromatic N) is 2. The first-order chi connectivity index (χ1) is 11.0. The highest BCUT2D eigenvalue weighted by Crippen LogP contribution is 2.35. The molecule has 2 rings (SSSR count). The summed E-state index contributed by atoms with van der Waals surface area (Å²) < 4.78 is 5.24. The fourth-order valence-corrected chi connectivity index (χ4v) is 3.37. The number of benzene rings is 1. The number of aliphatic hydroxyl groups is 1. The van der Waals surface area contributed by atoms with E-state index in [1.807, 2.05) is 30.3 Å². The van der Waals surface area contributed by atoms with Crippen LogP contribution in [0.25, 0.3) is 0 Å². The van der Waals surface area contributed by atoms with Crippen molar-refractivity contribution in [2.24, 2.45) is 0 Å². The summed E-state index contributed by atoms with van der Waals surface area (Å²) >= 11 is 1.47. The second-order valence-electron chi connectivity index (χ2n) is 7.17. The van der Waals surface area contributed by atoms with Crippen molar-refractivity contribution in [1.29, 1.82) is 0 Å². The third-order valence-electron chi connectivity index (χ3n) is 3.70. The van der Waals surface area contributed by atoms with Crippen molar-refractivity contribution >= 4 is 23.9 Å². The molecule has 1 atom stereocenters. The summed E-state index contributed by atoms with van der Waals surface area (Å²) in [5.41, 5.74) is -1.65. The number of rotatable bonds is 3. The number of thioether (sulfide) groups is 1. The van der Waals surface area contributed by atoms with Gasteiger partial charge in [-0.1, -0.05) is 18.2 Å². The van der Waals surface area contributed by atoms with Gasteiger partial charge in [0, 0.05) is 4.90 Å². The van der Waals surface area contributed by atoms with Gasteiger partial charge in [0.2, 0.25) is 0 Å². The average Bonchev–Trinajstić information content (AvgIpc) is 2.62. The van der Waals surface area contributed by atoms with Crippen molar-refractivity contribution in [2.75, 3.05) is 5.88 Å². The number of hydrogen-bond acceptors (Lipinski definition) is 5. The smallest absolute Gasteiger partial charge is 0.420 e. The van der Waals surface area contributed by atoms with Crippen molar-refractivity contribution in [3.63, 3.8) is 0 Å². The fourth-order valence-electron chi connectivity index (χ4n) is 2.30. The van der Waals surface area contributed by atoms with Gasteiger partial charge in [-0.15, -0.1) is 11.8 Å². The maximum Gasteiger partial charge on any atom is 0.420 e. The van der Waals surface area contributed by atoms with Crippen LogP contribution in [0.4, 0.5) is 9.59 Å². The highest BCUT2D eigenvalue weighted by Gasteiger charge is 2.54. The van der Waals surface area contributed by atoms with E-state index in [0.29, 0.717) is 5.88 Å². The third-order valence-corrected chi connectivity index (χ3v) is 4.70. The predicted octanol–water partition coefficient (Wildman–Crippen LogP) is 3.51. The molecule has 1 unspecified atom stereocenters. The van der Waals surface area contributed by atoms with Crippen LogP contribution in [0.15, 0.2) is 35.2 Å². The van der Waals surface area contributed by atoms with Crippen LogP contribution >= 0.6 is 11.8 Å². The second-order valence-corrected chi connectivity index (χ2v) is 8.19. The topological polar surface area (TPSA) is 70.1 Å². The zero-order valence-electron chi connectivity index (χ0n) is 14.6. The van der Waals surface area contributed by atoms with Crippen LogP contribution in [-0.4, -0.2) is 50.3 Å². The van der Waals surface area contributed by atoms with Crippen LogP contribution in [0.5, 0.6) is 0 Å². The molecule has 0 aliphatic carbocycles. The number of ether oxygens (including phenoxy) is 1. The van der Waals surface area contributed by atoms with E-state index in [1.165, 1.54) is 16.7 Å². The Morgan fingerprint density at radius 3 is 2.42 bits per heavy atom. The van der Waals surface area contributed by atoms with Crippen LogP contribution < -0.4 is 0 Å². The molecule has 0 saturated carbocycles. The van der Waals surface area contributed by atoms with Crippen molar-refractivity contribution in [3.05, 3.63) is 30.3 Å². The lowest BCUT2D eigenvalue weighted by atomic mass is 10.0. The molecule has 0 radical (unpaired) electrons. The Labute approximate surface area is 146 Å². The number of urea groups is 1. The zero-order chi connectivity index (χ0) is 18.1. The number of aliphatic hydroxyl groups excluding tert-OH is 1. The molecule has 1 fully saturated rings. The second kappa shape index (κ2) is 6.64. The highest BCUT2D eigenvalue weighted by atomic mass is 32.2. The molecule has 0 bridgehead atoms. The molecular formula is C17H24N2O4S. The summed E-state index contributed by atoms with van der Waals surface area (Å²) in [5, 5.41) is 10.5. The number of carbonyl (C=O) groups excluding carboxylic acids is 2. The molecule has 1 aliphatic rings. The molecule has 1 aromatic carbocycles. The Kier molecular flexibility index (Phi) is 5.15. The van der Waals surface area contributed by atoms with Crippen molar-refractivity contribution in [2.45, 2.75) is 56.9 Å². The normalized spacial score (nSPS) is 20.4. The molecule has 7 heteroatoms. The van der Waals surface area contributed by atoms with Gasteiger partial charge in [0.1, 0.15) is 5.60 Å². The van der Waals surface area contributed by atoms with Gasteiger partial charge in [0.05, 0.1) is 11.4 Å². The summed E-state index contributed by atoms with van der Waals surface area (Å²) in [6.07, 6.45) is -2.10. The highest BCUT2D eigenvalue weighted by molar-refractivity contribution is 7.99. The zero-order valence-corrected chi connectivity index (χ0v) is 15.5. The molecule has 1 heterocycles. The molecule has 0 spiro atoms. The van der Waals surface area contributed by atoms with Crippen LogP contribution in [-0.2, 0) is 4.74 Å². The Balaban J connectivity index is 2.14. The molecule has 1 aromatic rings. The number of amides is 3. The van der Waals surface area contributed by atoms with E-state index in [-0.39, 0.29) is 0 Å². The minimum Gasteiger partial charge on any atom is -0.443 e. The fraction of sp³-hybridized carbons (Fsp3) is 0.529. The van der Waals surface area contributed by atoms with Gasteiger partial charge in [-0.3, -0.25) is 0 Å². The third kappa shape index (κ3) is 3.84. The first kappa shape index (κ1) is 18.6. The summed E-state index contributed by atoms with van der Waals surface area (Å²) in [6, 6.07) is 9.09. The molecule has 6 nitrogen and oxygen atoms in total. The van der Waals surface area contributed by atoms with Crippen molar-refractivity contribution in [3.8, 4) is 0 Å². The van der Waals surface area contributed by atoms with Gasteiger partial charge in [-0.05, 0) is 46.8 Å². The van der Waals surface area contributed by atoms with Gasteiger partial charge in [-0.2, -0.15) is 4.90 Å². The predicted molar refractivity (Wildman–Crippen MR) is 92.6 cm³/mol. The van der Waals surface area contributed by atoms with E-state index < -0.39 is 29.5 Å². The molecule has 1 N–H and O–H groups in total. The lowest BCUT2D eigenvalue weighted by Gasteiger charge is -2.31. The average molecular weight is 352 g/mol. The molecule has 1 saturated heterocycles. The van der Waals surface area contributed by atoms with Gasteiger partial charge < -0.3 is 14.7 Å². The lowest BCUT2D eigenvalue weighted by Crippen LogP contribution is -2.48. The standard InChI is InChI=1S/C17H24N2O4S/c1-16(2,3)23-15(22)19-13(20)17(4,5)18(14(19)21)11-24-12-9-7-6-8-10-12/h6-10,13,20H,11H2,1-5H3. The van der Waals surface area contributed by atoms with Gasteiger partial charge >= 0.3 is 12.1 Å². The van der Waals surface area contributed by atoms with E-state index in [4.69, 9.17) is 4.74 Å². The Bertz CT molecular complexity index is 613. The van der Waals surface area contributed by atoms with Crippen LogP contribution in [0.2, 0.25) is 0 Å². The SMILES string of the molecule is CC(C)(C)OC(=O)N1C(=O)N(CSc2ccccc2)C(C)(C)C1O. The molecular weight excluding hydrogens is 328 g/mol. The van der Waals surface area contributed by atoms with Crippen molar-refractivity contribution in [1.82, 2.24) is 9.80 Å². The molecule has 3 amide bonds. The molecule has 0 aromatic heterocycles. The van der Waals surface area contributed by atoms with Crippen molar-refractivity contribution < 1.29 is 19.4 Å².